The molecule has 0 bridgehead atoms. The van der Waals surface area contributed by atoms with Crippen LogP contribution in [-0.2, 0) is 0 Å². The van der Waals surface area contributed by atoms with E-state index in [2.05, 4.69) is 16.5 Å². The number of rotatable bonds is 4. The standard InChI is InChI=1S/C17H19N3O3/c1-2-14(18)11-5-6-20(9-11)12-4-3-10-7-13(17(22)23)16(21)19-15(10)8-12/h2-4,7-8,11,14H,1,5-6,9,18H2,(H,19,21)(H,22,23). The van der Waals surface area contributed by atoms with Gasteiger partial charge in [-0.2, -0.15) is 0 Å². The number of benzene rings is 1. The summed E-state index contributed by atoms with van der Waals surface area (Å²) in [5.74, 6) is -0.852. The predicted octanol–water partition coefficient (Wildman–Crippen LogP) is 1.57. The van der Waals surface area contributed by atoms with Gasteiger partial charge in [0, 0.05) is 24.8 Å². The summed E-state index contributed by atoms with van der Waals surface area (Å²) < 4.78 is 0. The van der Waals surface area contributed by atoms with Crippen LogP contribution in [0.5, 0.6) is 0 Å². The molecule has 4 N–H and O–H groups in total. The number of hydrogen-bond donors (Lipinski definition) is 3. The van der Waals surface area contributed by atoms with E-state index < -0.39 is 11.5 Å². The van der Waals surface area contributed by atoms with Crippen molar-refractivity contribution in [2.45, 2.75) is 12.5 Å². The summed E-state index contributed by atoms with van der Waals surface area (Å²) in [6.45, 7) is 5.49. The van der Waals surface area contributed by atoms with E-state index >= 15 is 0 Å². The molecule has 3 rings (SSSR count). The molecular formula is C17H19N3O3. The number of nitrogens with one attached hydrogen (secondary N) is 1. The molecular weight excluding hydrogens is 294 g/mol. The third-order valence-electron chi connectivity index (χ3n) is 4.47. The Balaban J connectivity index is 1.92. The number of fused-ring (bicyclic) bond motifs is 1. The van der Waals surface area contributed by atoms with E-state index in [0.29, 0.717) is 16.8 Å². The second-order valence-corrected chi connectivity index (χ2v) is 5.90. The lowest BCUT2D eigenvalue weighted by Crippen LogP contribution is -2.30. The van der Waals surface area contributed by atoms with Crippen molar-refractivity contribution in [2.75, 3.05) is 18.0 Å². The first kappa shape index (κ1) is 15.3. The van der Waals surface area contributed by atoms with Gasteiger partial charge in [0.1, 0.15) is 5.56 Å². The smallest absolute Gasteiger partial charge is 0.341 e. The maximum absolute atomic E-state index is 11.8. The third kappa shape index (κ3) is 2.85. The Morgan fingerprint density at radius 3 is 2.96 bits per heavy atom. The van der Waals surface area contributed by atoms with Crippen LogP contribution in [0.4, 0.5) is 5.69 Å². The normalized spacial score (nSPS) is 19.0. The molecule has 1 aromatic heterocycles. The molecule has 1 aromatic carbocycles. The Hall–Kier alpha value is -2.60. The van der Waals surface area contributed by atoms with E-state index in [9.17, 15) is 9.59 Å². The van der Waals surface area contributed by atoms with Crippen LogP contribution in [0.3, 0.4) is 0 Å². The number of aromatic carboxylic acids is 1. The minimum atomic E-state index is -1.22. The highest BCUT2D eigenvalue weighted by atomic mass is 16.4. The largest absolute Gasteiger partial charge is 0.477 e. The summed E-state index contributed by atoms with van der Waals surface area (Å²) in [7, 11) is 0. The van der Waals surface area contributed by atoms with Crippen molar-refractivity contribution in [1.29, 1.82) is 0 Å². The van der Waals surface area contributed by atoms with Crippen LogP contribution in [0.15, 0.2) is 41.7 Å². The molecule has 0 saturated carbocycles. The fourth-order valence-corrected chi connectivity index (χ4v) is 3.07. The van der Waals surface area contributed by atoms with Gasteiger partial charge in [-0.1, -0.05) is 12.1 Å². The van der Waals surface area contributed by atoms with Crippen LogP contribution >= 0.6 is 0 Å². The zero-order valence-corrected chi connectivity index (χ0v) is 12.7. The second-order valence-electron chi connectivity index (χ2n) is 5.90. The van der Waals surface area contributed by atoms with Crippen LogP contribution in [-0.4, -0.2) is 35.2 Å². The lowest BCUT2D eigenvalue weighted by Gasteiger charge is -2.20. The average molecular weight is 313 g/mol. The van der Waals surface area contributed by atoms with E-state index in [1.807, 2.05) is 18.2 Å². The number of nitrogens with two attached hydrogens (primary N) is 1. The first-order valence-electron chi connectivity index (χ1n) is 7.53. The summed E-state index contributed by atoms with van der Waals surface area (Å²) in [6.07, 6.45) is 2.78. The van der Waals surface area contributed by atoms with E-state index in [-0.39, 0.29) is 11.6 Å². The molecule has 0 radical (unpaired) electrons. The number of carboxylic acid groups (broad SMARTS) is 1. The van der Waals surface area contributed by atoms with Gasteiger partial charge in [0.2, 0.25) is 0 Å². The molecule has 1 aliphatic heterocycles. The van der Waals surface area contributed by atoms with Gasteiger partial charge in [-0.15, -0.1) is 6.58 Å². The summed E-state index contributed by atoms with van der Waals surface area (Å²) in [6, 6.07) is 7.03. The summed E-state index contributed by atoms with van der Waals surface area (Å²) in [4.78, 5) is 27.7. The monoisotopic (exact) mass is 313 g/mol. The summed E-state index contributed by atoms with van der Waals surface area (Å²) in [5.41, 5.74) is 6.82. The van der Waals surface area contributed by atoms with Gasteiger partial charge < -0.3 is 20.7 Å². The van der Waals surface area contributed by atoms with Crippen molar-refractivity contribution in [3.8, 4) is 0 Å². The number of H-pyrrole nitrogens is 1. The summed E-state index contributed by atoms with van der Waals surface area (Å²) in [5, 5.41) is 9.71. The van der Waals surface area contributed by atoms with E-state index in [1.165, 1.54) is 6.07 Å². The van der Waals surface area contributed by atoms with Crippen molar-refractivity contribution in [3.05, 3.63) is 52.8 Å². The molecule has 120 valence electrons. The highest BCUT2D eigenvalue weighted by Crippen LogP contribution is 2.27. The minimum Gasteiger partial charge on any atom is -0.477 e. The molecule has 6 heteroatoms. The highest BCUT2D eigenvalue weighted by molar-refractivity contribution is 5.93. The molecule has 1 saturated heterocycles. The number of carbonyl (C=O) groups is 1. The van der Waals surface area contributed by atoms with Crippen LogP contribution in [0.25, 0.3) is 10.9 Å². The average Bonchev–Trinajstić information content (AvgIpc) is 3.02. The Morgan fingerprint density at radius 1 is 1.48 bits per heavy atom. The molecule has 6 nitrogen and oxygen atoms in total. The fourth-order valence-electron chi connectivity index (χ4n) is 3.07. The molecule has 2 heterocycles. The fraction of sp³-hybridized carbons (Fsp3) is 0.294. The SMILES string of the molecule is C=CC(N)C1CCN(c2ccc3cc(C(=O)O)c(=O)[nH]c3c2)C1. The maximum Gasteiger partial charge on any atom is 0.341 e. The molecule has 2 unspecified atom stereocenters. The van der Waals surface area contributed by atoms with Crippen LogP contribution in [0.2, 0.25) is 0 Å². The number of pyridine rings is 1. The minimum absolute atomic E-state index is 0.0154. The lowest BCUT2D eigenvalue weighted by molar-refractivity contribution is 0.0695. The van der Waals surface area contributed by atoms with Gasteiger partial charge >= 0.3 is 5.97 Å². The number of carboxylic acids is 1. The third-order valence-corrected chi connectivity index (χ3v) is 4.47. The molecule has 2 aromatic rings. The molecule has 23 heavy (non-hydrogen) atoms. The first-order valence-corrected chi connectivity index (χ1v) is 7.53. The Bertz CT molecular complexity index is 827. The number of aromatic amines is 1. The number of aromatic nitrogens is 1. The Morgan fingerprint density at radius 2 is 2.26 bits per heavy atom. The van der Waals surface area contributed by atoms with Gasteiger partial charge in [0.25, 0.3) is 5.56 Å². The van der Waals surface area contributed by atoms with Crippen LogP contribution in [0.1, 0.15) is 16.8 Å². The molecule has 0 amide bonds. The topological polar surface area (TPSA) is 99.4 Å². The molecule has 2 atom stereocenters. The van der Waals surface area contributed by atoms with E-state index in [4.69, 9.17) is 10.8 Å². The Kier molecular flexibility index (Phi) is 3.92. The Labute approximate surface area is 133 Å². The van der Waals surface area contributed by atoms with Gasteiger partial charge in [0.15, 0.2) is 0 Å². The number of hydrogen-bond acceptors (Lipinski definition) is 4. The zero-order chi connectivity index (χ0) is 16.6. The quantitative estimate of drug-likeness (QED) is 0.744. The van der Waals surface area contributed by atoms with Crippen molar-refractivity contribution < 1.29 is 9.90 Å². The summed E-state index contributed by atoms with van der Waals surface area (Å²) >= 11 is 0. The number of anilines is 1. The van der Waals surface area contributed by atoms with Crippen molar-refractivity contribution in [3.63, 3.8) is 0 Å². The number of nitrogens with zero attached hydrogens (tertiary/aromatic N) is 1. The van der Waals surface area contributed by atoms with Gasteiger partial charge in [-0.25, -0.2) is 4.79 Å². The van der Waals surface area contributed by atoms with Crippen molar-refractivity contribution in [2.24, 2.45) is 11.7 Å². The lowest BCUT2D eigenvalue weighted by atomic mass is 10.0. The second kappa shape index (κ2) is 5.89. The van der Waals surface area contributed by atoms with Gasteiger partial charge in [0.05, 0.1) is 5.52 Å². The van der Waals surface area contributed by atoms with Gasteiger partial charge in [-0.3, -0.25) is 4.79 Å². The molecule has 0 spiro atoms. The molecule has 1 fully saturated rings. The van der Waals surface area contributed by atoms with Crippen molar-refractivity contribution in [1.82, 2.24) is 4.98 Å². The van der Waals surface area contributed by atoms with E-state index in [0.717, 1.165) is 25.2 Å². The van der Waals surface area contributed by atoms with E-state index in [1.54, 1.807) is 6.08 Å². The molecule has 0 aliphatic carbocycles. The highest BCUT2D eigenvalue weighted by Gasteiger charge is 2.26. The zero-order valence-electron chi connectivity index (χ0n) is 12.7. The molecule has 1 aliphatic rings. The van der Waals surface area contributed by atoms with Crippen LogP contribution in [0, 0.1) is 5.92 Å². The first-order chi connectivity index (χ1) is 11.0. The van der Waals surface area contributed by atoms with Crippen LogP contribution < -0.4 is 16.2 Å². The van der Waals surface area contributed by atoms with Gasteiger partial charge in [-0.05, 0) is 35.9 Å². The predicted molar refractivity (Wildman–Crippen MR) is 90.0 cm³/mol. The van der Waals surface area contributed by atoms with Crippen molar-refractivity contribution >= 4 is 22.6 Å². The maximum atomic E-state index is 11.8.